The lowest BCUT2D eigenvalue weighted by Crippen LogP contribution is -2.51. The van der Waals surface area contributed by atoms with E-state index >= 15 is 0 Å². The van der Waals surface area contributed by atoms with Gasteiger partial charge < -0.3 is 30.6 Å². The molecule has 4 spiro atoms. The summed E-state index contributed by atoms with van der Waals surface area (Å²) in [6.07, 6.45) is 12.2. The second-order valence-corrected chi connectivity index (χ2v) is 20.3. The minimum atomic E-state index is -1.49. The summed E-state index contributed by atoms with van der Waals surface area (Å²) in [6, 6.07) is 15.7. The Morgan fingerprint density at radius 3 is 1.65 bits per heavy atom. The molecule has 68 heavy (non-hydrogen) atoms. The second-order valence-electron chi connectivity index (χ2n) is 18.6. The number of amides is 2. The Balaban J connectivity index is 0.000000134. The van der Waals surface area contributed by atoms with Crippen molar-refractivity contribution in [1.29, 1.82) is 0 Å². The molecular weight excluding hydrogens is 974 g/mol. The summed E-state index contributed by atoms with van der Waals surface area (Å²) in [5.41, 5.74) is 20.1. The molecule has 6 aromatic rings. The van der Waals surface area contributed by atoms with Gasteiger partial charge in [-0.25, -0.2) is 9.98 Å². The lowest BCUT2D eigenvalue weighted by atomic mass is 9.61. The van der Waals surface area contributed by atoms with Crippen molar-refractivity contribution in [3.8, 4) is 11.1 Å². The summed E-state index contributed by atoms with van der Waals surface area (Å²) in [5, 5.41) is 26.6. The van der Waals surface area contributed by atoms with E-state index in [0.717, 1.165) is 111 Å². The second kappa shape index (κ2) is 16.7. The standard InChI is InChI=1S/C24H22ClN5O2.C19H19BrN4O2.C5H5BClNO2/c1-13-18-10-23(6-5-20(18)29-32-13)9-15-4-3-14(16-7-17(25)12-27-11-16)8-19(15)24(23)21(31)30(2)22(26)28-24;1-10-13-9-18(6-5-15(13)23-26-10)8-11-3-4-12(20)7-14(11)19(18)16(25)24(2)17(21)22-19;7-5-1-4(6(9)10)2-8-3-5/h3-4,7-8,11-12H,5-6,9-10H2,1-2H3,(H2,26,28);3-4,7H,5-6,8-9H2,1-2H3,(H2,21,22);1-3,9-10H. The van der Waals surface area contributed by atoms with Gasteiger partial charge in [0.05, 0.1) is 21.4 Å². The highest BCUT2D eigenvalue weighted by molar-refractivity contribution is 9.10. The molecule has 12 rings (SSSR count). The van der Waals surface area contributed by atoms with Crippen LogP contribution in [-0.4, -0.2) is 85.1 Å². The van der Waals surface area contributed by atoms with Crippen LogP contribution in [0.4, 0.5) is 0 Å². The van der Waals surface area contributed by atoms with Gasteiger partial charge in [0.1, 0.15) is 11.5 Å². The van der Waals surface area contributed by atoms with Crippen molar-refractivity contribution in [2.45, 2.75) is 76.3 Å². The molecule has 4 aromatic heterocycles. The maximum atomic E-state index is 13.9. The Labute approximate surface area is 410 Å². The number of nitrogens with zero attached hydrogens (tertiary/aromatic N) is 8. The van der Waals surface area contributed by atoms with E-state index in [2.05, 4.69) is 60.5 Å². The van der Waals surface area contributed by atoms with Crippen molar-refractivity contribution >= 4 is 75.4 Å². The molecule has 2 aliphatic heterocycles. The van der Waals surface area contributed by atoms with Crippen LogP contribution in [-0.2, 0) is 59.2 Å². The van der Waals surface area contributed by atoms with Crippen LogP contribution in [0, 0.1) is 24.7 Å². The normalized spacial score (nSPS) is 24.9. The van der Waals surface area contributed by atoms with Crippen molar-refractivity contribution in [2.24, 2.45) is 32.3 Å². The van der Waals surface area contributed by atoms with Crippen molar-refractivity contribution in [2.75, 3.05) is 14.1 Å². The first-order chi connectivity index (χ1) is 32.4. The minimum absolute atomic E-state index is 0.0376. The van der Waals surface area contributed by atoms with E-state index in [1.165, 1.54) is 33.8 Å². The molecule has 6 N–H and O–H groups in total. The number of carbonyl (C=O) groups is 2. The number of carbonyl (C=O) groups excluding carboxylic acids is 2. The molecule has 0 saturated heterocycles. The SMILES string of the molecule is Cc1onc2c1CC1(CC2)Cc2ccc(-c3cncc(Cl)c3)cc2C12N=C(N)N(C)C2=O.Cc1onc2c1CC1(CC2)Cc2ccc(Br)cc2C12N=C(N)N(C)C2=O.OB(O)c1cncc(Cl)c1. The molecule has 2 aromatic carbocycles. The first-order valence-corrected chi connectivity index (χ1v) is 23.6. The average Bonchev–Trinajstić information content (AvgIpc) is 4.12. The number of aliphatic imine (C=N–C) groups is 2. The van der Waals surface area contributed by atoms with Gasteiger partial charge >= 0.3 is 7.12 Å². The van der Waals surface area contributed by atoms with Crippen LogP contribution in [0.3, 0.4) is 0 Å². The fraction of sp³-hybridized carbons (Fsp3) is 0.333. The predicted molar refractivity (Wildman–Crippen MR) is 259 cm³/mol. The maximum absolute atomic E-state index is 13.9. The number of likely N-dealkylation sites (N-methyl/N-ethyl adjacent to an activating group) is 2. The Morgan fingerprint density at radius 1 is 0.676 bits per heavy atom. The molecule has 16 nitrogen and oxygen atoms in total. The van der Waals surface area contributed by atoms with Gasteiger partial charge in [-0.1, -0.05) is 67.6 Å². The first-order valence-electron chi connectivity index (χ1n) is 22.1. The number of benzene rings is 2. The Hall–Kier alpha value is -5.92. The fourth-order valence-electron chi connectivity index (χ4n) is 11.5. The number of fused-ring (bicyclic) bond motifs is 8. The van der Waals surface area contributed by atoms with E-state index in [1.54, 1.807) is 26.5 Å². The Bertz CT molecular complexity index is 3150. The van der Waals surface area contributed by atoms with Gasteiger partial charge in [-0.15, -0.1) is 0 Å². The number of hydrogen-bond acceptors (Lipinski definition) is 14. The zero-order valence-corrected chi connectivity index (χ0v) is 40.7. The van der Waals surface area contributed by atoms with Crippen LogP contribution >= 0.6 is 39.1 Å². The number of halogens is 3. The summed E-state index contributed by atoms with van der Waals surface area (Å²) >= 11 is 15.2. The zero-order chi connectivity index (χ0) is 48.1. The lowest BCUT2D eigenvalue weighted by Gasteiger charge is -2.43. The number of rotatable bonds is 2. The number of nitrogens with two attached hydrogens (primary N) is 2. The summed E-state index contributed by atoms with van der Waals surface area (Å²) in [7, 11) is 1.91. The summed E-state index contributed by atoms with van der Waals surface area (Å²) < 4.78 is 11.8. The molecule has 4 unspecified atom stereocenters. The van der Waals surface area contributed by atoms with Crippen molar-refractivity contribution < 1.29 is 28.7 Å². The third kappa shape index (κ3) is 6.92. The van der Waals surface area contributed by atoms with E-state index in [9.17, 15) is 9.59 Å². The minimum Gasteiger partial charge on any atom is -0.423 e. The van der Waals surface area contributed by atoms with Crippen molar-refractivity contribution in [3.63, 3.8) is 0 Å². The van der Waals surface area contributed by atoms with E-state index in [-0.39, 0.29) is 29.1 Å². The smallest absolute Gasteiger partial charge is 0.423 e. The molecule has 6 aliphatic rings. The van der Waals surface area contributed by atoms with E-state index < -0.39 is 23.6 Å². The number of hydrogen-bond donors (Lipinski definition) is 4. The lowest BCUT2D eigenvalue weighted by molar-refractivity contribution is -0.136. The van der Waals surface area contributed by atoms with Gasteiger partial charge in [-0.3, -0.25) is 29.4 Å². The summed E-state index contributed by atoms with van der Waals surface area (Å²) in [6.45, 7) is 3.88. The van der Waals surface area contributed by atoms with Crippen molar-refractivity contribution in [1.82, 2.24) is 30.1 Å². The van der Waals surface area contributed by atoms with E-state index in [4.69, 9.17) is 63.7 Å². The highest BCUT2D eigenvalue weighted by atomic mass is 79.9. The monoisotopic (exact) mass is 1020 g/mol. The third-order valence-corrected chi connectivity index (χ3v) is 15.8. The molecule has 348 valence electrons. The number of guanidine groups is 2. The molecule has 4 aliphatic carbocycles. The first kappa shape index (κ1) is 45.8. The molecule has 0 fully saturated rings. The average molecular weight is 1020 g/mol. The van der Waals surface area contributed by atoms with Crippen LogP contribution in [0.15, 0.2) is 96.8 Å². The van der Waals surface area contributed by atoms with Gasteiger partial charge in [0.25, 0.3) is 11.8 Å². The van der Waals surface area contributed by atoms with Gasteiger partial charge in [-0.05, 0) is 123 Å². The third-order valence-electron chi connectivity index (χ3n) is 14.9. The van der Waals surface area contributed by atoms with Crippen molar-refractivity contribution in [3.05, 3.63) is 144 Å². The van der Waals surface area contributed by atoms with Crippen LogP contribution in [0.5, 0.6) is 0 Å². The molecule has 6 heterocycles. The summed E-state index contributed by atoms with van der Waals surface area (Å²) in [4.78, 5) is 48.0. The highest BCUT2D eigenvalue weighted by Gasteiger charge is 2.68. The van der Waals surface area contributed by atoms with Gasteiger partial charge in [0, 0.05) is 76.3 Å². The van der Waals surface area contributed by atoms with Gasteiger partial charge in [0.15, 0.2) is 23.0 Å². The number of pyridine rings is 2. The molecule has 4 atom stereocenters. The van der Waals surface area contributed by atoms with Gasteiger partial charge in [-0.2, -0.15) is 0 Å². The van der Waals surface area contributed by atoms with Crippen LogP contribution in [0.2, 0.25) is 10.0 Å². The Kier molecular flexibility index (Phi) is 11.2. The Morgan fingerprint density at radius 2 is 1.18 bits per heavy atom. The number of aryl methyl sites for hydroxylation is 4. The highest BCUT2D eigenvalue weighted by Crippen LogP contribution is 2.63. The van der Waals surface area contributed by atoms with E-state index in [1.807, 2.05) is 32.0 Å². The fourth-order valence-corrected chi connectivity index (χ4v) is 12.2. The molecule has 20 heteroatoms. The zero-order valence-electron chi connectivity index (χ0n) is 37.6. The molecule has 0 radical (unpaired) electrons. The molecule has 0 bridgehead atoms. The van der Waals surface area contributed by atoms with Crippen LogP contribution in [0.1, 0.15) is 69.1 Å². The topological polar surface area (TPSA) is 236 Å². The molecule has 0 saturated carbocycles. The largest absolute Gasteiger partial charge is 0.490 e. The van der Waals surface area contributed by atoms with Crippen LogP contribution in [0.25, 0.3) is 11.1 Å². The summed E-state index contributed by atoms with van der Waals surface area (Å²) in [5.74, 6) is 2.07. The predicted octanol–water partition coefficient (Wildman–Crippen LogP) is 5.29. The quantitative estimate of drug-likeness (QED) is 0.162. The molecule has 2 amide bonds. The number of aromatic nitrogens is 4. The van der Waals surface area contributed by atoms with Crippen LogP contribution < -0.4 is 16.9 Å². The van der Waals surface area contributed by atoms with Gasteiger partial charge in [0.2, 0.25) is 0 Å². The maximum Gasteiger partial charge on any atom is 0.490 e. The molecular formula is C48H46BBrCl2N10O6. The van der Waals surface area contributed by atoms with E-state index in [0.29, 0.717) is 21.9 Å².